The molecule has 15 atom stereocenters. The first-order valence-corrected chi connectivity index (χ1v) is 31.3. The molecule has 0 aromatic heterocycles. The average Bonchev–Trinajstić information content (AvgIpc) is 1.72. The van der Waals surface area contributed by atoms with Gasteiger partial charge in [0, 0.05) is 81.6 Å². The third kappa shape index (κ3) is 19.1. The second-order valence-corrected chi connectivity index (χ2v) is 25.2. The molecular weight excluding hydrogens is 1130 g/mol. The molecule has 3 fully saturated rings. The first-order chi connectivity index (χ1) is 41.6. The fourth-order valence-electron chi connectivity index (χ4n) is 12.8. The van der Waals surface area contributed by atoms with Gasteiger partial charge < -0.3 is 63.6 Å². The minimum Gasteiger partial charge on any atom is -0.507 e. The molecule has 0 spiro atoms. The standard InChI is InChI=1S/C51H79NO13.C17H20O6/c1-30-16-12-11-13-17-31(2)42(61-8)28-38-21-19-36(7)51(60,65-38)48(57)49(58)52-23-15-14-18-39(52)50(59)64-43(33(4)26-37-20-22-40(53)44(27-37)62-9)29-41(54)32(3)25-35(6)46(56)47(63-10)45(55)34(5)24-30;1-9(5-7-13(18)19)4-6-11-15(21)12-8-14(20)23-17(12)10(2)16(11)22-3/h11-13,16-17,25,30,32-34,36-40,42-44,46-47,53,56,60H,14-15,18-24,26-29H2,1-10H3;4,21H,5-8H2,1-3H3,(H,18,19)/b13-11+,16-12-,31-17+,35-25+;9-4+/t30-,32-,33-,34-,36-,37+,38+,39+,40?,42+,43+,44-,46-,47+,51-;/m1./s1. The van der Waals surface area contributed by atoms with Gasteiger partial charge in [-0.3, -0.25) is 28.8 Å². The minimum absolute atomic E-state index is 0.00980. The van der Waals surface area contributed by atoms with Crippen LogP contribution in [-0.4, -0.2) is 161 Å². The summed E-state index contributed by atoms with van der Waals surface area (Å²) in [7, 11) is 6.02. The maximum atomic E-state index is 14.4. The number of phenolic OH excluding ortho intramolecular Hbond substituents is 1. The number of piperidine rings is 1. The van der Waals surface area contributed by atoms with Crippen LogP contribution < -0.4 is 9.47 Å². The van der Waals surface area contributed by atoms with Crippen molar-refractivity contribution in [3.63, 3.8) is 0 Å². The lowest BCUT2D eigenvalue weighted by Gasteiger charge is -2.42. The van der Waals surface area contributed by atoms with Crippen molar-refractivity contribution in [1.29, 1.82) is 0 Å². The Morgan fingerprint density at radius 2 is 1.58 bits per heavy atom. The van der Waals surface area contributed by atoms with E-state index in [0.717, 1.165) is 17.6 Å². The summed E-state index contributed by atoms with van der Waals surface area (Å²) in [6.07, 6.45) is 14.0. The van der Waals surface area contributed by atoms with E-state index in [0.29, 0.717) is 104 Å². The number of carbonyl (C=O) groups excluding carboxylic acids is 6. The van der Waals surface area contributed by atoms with Crippen LogP contribution in [0.2, 0.25) is 0 Å². The highest BCUT2D eigenvalue weighted by molar-refractivity contribution is 6.39. The zero-order valence-corrected chi connectivity index (χ0v) is 54.0. The molecule has 1 aromatic rings. The number of aliphatic hydroxyl groups excluding tert-OH is 2. The number of rotatable bonds is 12. The van der Waals surface area contributed by atoms with E-state index < -0.39 is 95.8 Å². The van der Waals surface area contributed by atoms with Crippen LogP contribution in [0, 0.1) is 42.4 Å². The smallest absolute Gasteiger partial charge is 0.329 e. The summed E-state index contributed by atoms with van der Waals surface area (Å²) < 4.78 is 39.9. The SMILES string of the molecule is CO[C@H]1C[C@@H]2CC[C@@H](C)[C@@](O)(O2)C(=O)C(=O)N2CCCC[C@H]2C(=O)O[C@H]([C@H](C)C[C@@H]2CCC(O)[C@H](OC)C2)CC(=O)[C@H](C)/C=C(\C)[C@@H](O)[C@@H](OC)C(=O)[C@H](C)C[C@H](C)\C=C/C=C/C=C/1C.COc1c(C)c2c(c(O)c1C/C=C(\C)CCC(=O)O)CC(=O)O2. The Balaban J connectivity index is 0.000000510. The molecule has 490 valence electrons. The number of methoxy groups -OCH3 is 4. The number of allylic oxidation sites excluding steroid dienone is 8. The molecule has 1 aromatic carbocycles. The zero-order chi connectivity index (χ0) is 65.3. The van der Waals surface area contributed by atoms with Crippen molar-refractivity contribution in [1.82, 2.24) is 4.90 Å². The first-order valence-electron chi connectivity index (χ1n) is 31.3. The van der Waals surface area contributed by atoms with Crippen LogP contribution >= 0.6 is 0 Å². The van der Waals surface area contributed by atoms with E-state index in [-0.39, 0.29) is 73.4 Å². The molecule has 1 unspecified atom stereocenters. The third-order valence-electron chi connectivity index (χ3n) is 18.4. The number of hydrogen-bond acceptors (Lipinski definition) is 18. The molecular formula is C68H99NO19. The number of esters is 2. The molecule has 4 heterocycles. The quantitative estimate of drug-likeness (QED) is 0.0566. The van der Waals surface area contributed by atoms with Gasteiger partial charge in [0.1, 0.15) is 47.4 Å². The fourth-order valence-corrected chi connectivity index (χ4v) is 12.8. The predicted molar refractivity (Wildman–Crippen MR) is 328 cm³/mol. The van der Waals surface area contributed by atoms with Crippen LogP contribution in [0.25, 0.3) is 0 Å². The summed E-state index contributed by atoms with van der Waals surface area (Å²) in [6.45, 7) is 16.4. The number of aliphatic carboxylic acids is 1. The molecule has 5 aliphatic rings. The van der Waals surface area contributed by atoms with Crippen molar-refractivity contribution in [2.45, 2.75) is 220 Å². The van der Waals surface area contributed by atoms with Crippen LogP contribution in [0.1, 0.15) is 162 Å². The van der Waals surface area contributed by atoms with Gasteiger partial charge in [-0.1, -0.05) is 82.7 Å². The molecule has 2 bridgehead atoms. The minimum atomic E-state index is -2.43. The van der Waals surface area contributed by atoms with Gasteiger partial charge in [-0.2, -0.15) is 0 Å². The summed E-state index contributed by atoms with van der Waals surface area (Å²) in [5.41, 5.74) is 3.93. The van der Waals surface area contributed by atoms with Crippen molar-refractivity contribution < 1.29 is 92.3 Å². The molecule has 20 nitrogen and oxygen atoms in total. The van der Waals surface area contributed by atoms with Crippen molar-refractivity contribution >= 4 is 41.2 Å². The van der Waals surface area contributed by atoms with Gasteiger partial charge in [-0.25, -0.2) is 4.79 Å². The molecule has 1 amide bonds. The lowest BCUT2D eigenvalue weighted by Crippen LogP contribution is -2.61. The number of amides is 1. The van der Waals surface area contributed by atoms with Crippen molar-refractivity contribution in [3.05, 3.63) is 75.9 Å². The van der Waals surface area contributed by atoms with Crippen LogP contribution in [0.3, 0.4) is 0 Å². The molecule has 88 heavy (non-hydrogen) atoms. The number of cyclic esters (lactones) is 1. The molecule has 0 radical (unpaired) electrons. The van der Waals surface area contributed by atoms with Gasteiger partial charge in [-0.15, -0.1) is 0 Å². The number of phenols is 1. The Labute approximate surface area is 519 Å². The lowest BCUT2D eigenvalue weighted by molar-refractivity contribution is -0.265. The largest absolute Gasteiger partial charge is 0.507 e. The van der Waals surface area contributed by atoms with Crippen LogP contribution in [0.5, 0.6) is 17.2 Å². The Morgan fingerprint density at radius 3 is 2.24 bits per heavy atom. The van der Waals surface area contributed by atoms with E-state index in [1.165, 1.54) is 19.1 Å². The number of aromatic hydroxyl groups is 1. The summed E-state index contributed by atoms with van der Waals surface area (Å²) in [5, 5.41) is 53.0. The Kier molecular flexibility index (Phi) is 28.0. The maximum absolute atomic E-state index is 14.4. The molecule has 1 aliphatic carbocycles. The number of carboxylic acid groups (broad SMARTS) is 1. The molecule has 6 rings (SSSR count). The van der Waals surface area contributed by atoms with E-state index in [9.17, 15) is 54.0 Å². The predicted octanol–water partition coefficient (Wildman–Crippen LogP) is 8.70. The highest BCUT2D eigenvalue weighted by Crippen LogP contribution is 2.46. The van der Waals surface area contributed by atoms with Gasteiger partial charge in [0.05, 0.1) is 37.9 Å². The van der Waals surface area contributed by atoms with Gasteiger partial charge in [0.15, 0.2) is 5.78 Å². The van der Waals surface area contributed by atoms with Gasteiger partial charge >= 0.3 is 17.9 Å². The number of carboxylic acids is 1. The summed E-state index contributed by atoms with van der Waals surface area (Å²) in [6, 6.07) is -1.14. The number of hydrogen-bond donors (Lipinski definition) is 5. The maximum Gasteiger partial charge on any atom is 0.329 e. The Morgan fingerprint density at radius 1 is 0.864 bits per heavy atom. The van der Waals surface area contributed by atoms with Gasteiger partial charge in [0.2, 0.25) is 5.79 Å². The molecule has 1 saturated carbocycles. The Hall–Kier alpha value is -5.87. The number of carbonyl (C=O) groups is 7. The summed E-state index contributed by atoms with van der Waals surface area (Å²) in [5.74, 6) is -8.33. The van der Waals surface area contributed by atoms with E-state index in [4.69, 9.17) is 38.3 Å². The second-order valence-electron chi connectivity index (χ2n) is 25.2. The topological polar surface area (TPSA) is 288 Å². The zero-order valence-electron chi connectivity index (χ0n) is 54.0. The molecule has 20 heteroatoms. The number of benzene rings is 1. The fraction of sp³-hybridized carbons (Fsp3) is 0.662. The van der Waals surface area contributed by atoms with Crippen molar-refractivity contribution in [2.75, 3.05) is 35.0 Å². The number of aliphatic hydroxyl groups is 3. The molecule has 5 N–H and O–H groups in total. The van der Waals surface area contributed by atoms with E-state index in [1.54, 1.807) is 48.0 Å². The lowest BCUT2D eigenvalue weighted by atomic mass is 9.78. The molecule has 2 saturated heterocycles. The molecule has 4 aliphatic heterocycles. The second kappa shape index (κ2) is 33.8. The number of nitrogens with zero attached hydrogens (tertiary/aromatic N) is 1. The number of ether oxygens (including phenoxy) is 7. The third-order valence-corrected chi connectivity index (χ3v) is 18.4. The first kappa shape index (κ1) is 72.9. The highest BCUT2D eigenvalue weighted by Gasteiger charge is 2.53. The van der Waals surface area contributed by atoms with Crippen LogP contribution in [-0.2, 0) is 70.1 Å². The summed E-state index contributed by atoms with van der Waals surface area (Å²) in [4.78, 5) is 93.9. The van der Waals surface area contributed by atoms with E-state index in [1.807, 2.05) is 71.1 Å². The number of fused-ring (bicyclic) bond motifs is 4. The summed E-state index contributed by atoms with van der Waals surface area (Å²) >= 11 is 0. The van der Waals surface area contributed by atoms with E-state index in [2.05, 4.69) is 0 Å². The van der Waals surface area contributed by atoms with E-state index >= 15 is 0 Å². The van der Waals surface area contributed by atoms with Crippen LogP contribution in [0.4, 0.5) is 0 Å². The normalized spacial score (nSPS) is 33.4. The van der Waals surface area contributed by atoms with Crippen LogP contribution in [0.15, 0.2) is 59.3 Å². The Bertz CT molecular complexity index is 2780. The number of ketones is 3. The highest BCUT2D eigenvalue weighted by atomic mass is 16.6. The van der Waals surface area contributed by atoms with Crippen molar-refractivity contribution in [2.24, 2.45) is 35.5 Å². The number of Topliss-reactive ketones (excluding diaryl/α,β-unsaturated/α-hetero) is 3. The van der Waals surface area contributed by atoms with Crippen molar-refractivity contribution in [3.8, 4) is 17.2 Å². The van der Waals surface area contributed by atoms with Gasteiger partial charge in [0.25, 0.3) is 11.7 Å². The van der Waals surface area contributed by atoms with Gasteiger partial charge in [-0.05, 0) is 134 Å². The average molecular weight is 1230 g/mol. The monoisotopic (exact) mass is 1230 g/mol.